The zero-order valence-electron chi connectivity index (χ0n) is 11.9. The van der Waals surface area contributed by atoms with Gasteiger partial charge in [-0.1, -0.05) is 11.6 Å². The van der Waals surface area contributed by atoms with Gasteiger partial charge < -0.3 is 10.1 Å². The van der Waals surface area contributed by atoms with Gasteiger partial charge in [-0.25, -0.2) is 9.78 Å². The van der Waals surface area contributed by atoms with Crippen molar-refractivity contribution in [2.24, 2.45) is 0 Å². The van der Waals surface area contributed by atoms with Gasteiger partial charge in [-0.2, -0.15) is 5.26 Å². The second-order valence-electron chi connectivity index (χ2n) is 4.29. The molecule has 5 nitrogen and oxygen atoms in total. The summed E-state index contributed by atoms with van der Waals surface area (Å²) in [6, 6.07) is 6.82. The number of halogens is 1. The van der Waals surface area contributed by atoms with Crippen LogP contribution in [0.4, 0.5) is 5.69 Å². The predicted molar refractivity (Wildman–Crippen MR) is 86.9 cm³/mol. The normalized spacial score (nSPS) is 10.9. The molecule has 0 spiro atoms. The summed E-state index contributed by atoms with van der Waals surface area (Å²) < 4.78 is 4.72. The van der Waals surface area contributed by atoms with Gasteiger partial charge in [0.2, 0.25) is 0 Å². The van der Waals surface area contributed by atoms with Crippen molar-refractivity contribution in [1.82, 2.24) is 4.98 Å². The molecule has 0 radical (unpaired) electrons. The summed E-state index contributed by atoms with van der Waals surface area (Å²) in [4.78, 5) is 16.0. The molecule has 0 saturated heterocycles. The first kappa shape index (κ1) is 16.0. The quantitative estimate of drug-likeness (QED) is 0.679. The Balaban J connectivity index is 2.33. The summed E-state index contributed by atoms with van der Waals surface area (Å²) >= 11 is 7.32. The topological polar surface area (TPSA) is 75.0 Å². The van der Waals surface area contributed by atoms with E-state index in [-0.39, 0.29) is 0 Å². The number of ether oxygens (including phenoxy) is 1. The minimum absolute atomic E-state index is 0.329. The smallest absolute Gasteiger partial charge is 0.339 e. The number of carbonyl (C=O) groups excluding carboxylic acids is 1. The molecule has 1 N–H and O–H groups in total. The number of allylic oxidation sites excluding steroid dienone is 1. The zero-order chi connectivity index (χ0) is 16.1. The van der Waals surface area contributed by atoms with Gasteiger partial charge in [0.05, 0.1) is 18.4 Å². The van der Waals surface area contributed by atoms with E-state index in [1.165, 1.54) is 24.6 Å². The fraction of sp³-hybridized carbons (Fsp3) is 0.133. The molecule has 0 unspecified atom stereocenters. The Bertz CT molecular complexity index is 777. The van der Waals surface area contributed by atoms with Crippen LogP contribution in [0.2, 0.25) is 5.02 Å². The van der Waals surface area contributed by atoms with Crippen molar-refractivity contribution in [3.63, 3.8) is 0 Å². The van der Waals surface area contributed by atoms with Crippen molar-refractivity contribution in [2.45, 2.75) is 6.92 Å². The van der Waals surface area contributed by atoms with E-state index >= 15 is 0 Å². The highest BCUT2D eigenvalue weighted by Crippen LogP contribution is 2.24. The number of nitriles is 1. The Morgan fingerprint density at radius 1 is 1.55 bits per heavy atom. The molecule has 0 atom stereocenters. The van der Waals surface area contributed by atoms with E-state index in [0.29, 0.717) is 26.9 Å². The molecule has 1 heterocycles. The number of nitrogens with zero attached hydrogens (tertiary/aromatic N) is 2. The van der Waals surface area contributed by atoms with E-state index < -0.39 is 5.97 Å². The van der Waals surface area contributed by atoms with Crippen LogP contribution in [0.5, 0.6) is 0 Å². The molecule has 2 rings (SSSR count). The monoisotopic (exact) mass is 333 g/mol. The van der Waals surface area contributed by atoms with Gasteiger partial charge in [-0.05, 0) is 25.1 Å². The van der Waals surface area contributed by atoms with E-state index in [2.05, 4.69) is 16.4 Å². The number of aryl methyl sites for hydroxylation is 1. The number of anilines is 1. The maximum Gasteiger partial charge on any atom is 0.339 e. The lowest BCUT2D eigenvalue weighted by molar-refractivity contribution is 0.0602. The molecule has 1 aromatic carbocycles. The average Bonchev–Trinajstić information content (AvgIpc) is 2.94. The molecule has 0 aliphatic carbocycles. The molecule has 22 heavy (non-hydrogen) atoms. The minimum Gasteiger partial charge on any atom is -0.465 e. The Morgan fingerprint density at radius 2 is 2.32 bits per heavy atom. The summed E-state index contributed by atoms with van der Waals surface area (Å²) in [6.07, 6.45) is 1.50. The molecule has 0 bridgehead atoms. The molecule has 0 aliphatic rings. The van der Waals surface area contributed by atoms with Crippen molar-refractivity contribution in [3.05, 3.63) is 51.1 Å². The summed E-state index contributed by atoms with van der Waals surface area (Å²) in [6.45, 7) is 1.86. The number of hydrogen-bond acceptors (Lipinski definition) is 6. The highest BCUT2D eigenvalue weighted by atomic mass is 35.5. The Morgan fingerprint density at radius 3 is 2.91 bits per heavy atom. The van der Waals surface area contributed by atoms with E-state index in [9.17, 15) is 10.1 Å². The number of nitrogens with one attached hydrogen (secondary N) is 1. The number of benzene rings is 1. The number of hydrogen-bond donors (Lipinski definition) is 1. The molecule has 0 aliphatic heterocycles. The number of esters is 1. The largest absolute Gasteiger partial charge is 0.465 e. The lowest BCUT2D eigenvalue weighted by atomic mass is 10.2. The van der Waals surface area contributed by atoms with E-state index in [0.717, 1.165) is 5.69 Å². The standard InChI is InChI=1S/C15H12ClN3O2S/c1-9-8-22-14(19-9)10(6-17)7-18-13-5-11(16)3-4-12(13)15(20)21-2/h3-5,7-8,18H,1-2H3/b10-7+. The second kappa shape index (κ2) is 7.07. The number of rotatable bonds is 4. The summed E-state index contributed by atoms with van der Waals surface area (Å²) in [5.74, 6) is -0.490. The summed E-state index contributed by atoms with van der Waals surface area (Å²) in [5.41, 5.74) is 2.00. The molecule has 1 aromatic heterocycles. The van der Waals surface area contributed by atoms with Gasteiger partial charge in [0.1, 0.15) is 16.6 Å². The van der Waals surface area contributed by atoms with Crippen molar-refractivity contribution in [2.75, 3.05) is 12.4 Å². The zero-order valence-corrected chi connectivity index (χ0v) is 13.5. The highest BCUT2D eigenvalue weighted by molar-refractivity contribution is 7.10. The third kappa shape index (κ3) is 3.64. The van der Waals surface area contributed by atoms with Gasteiger partial charge in [0, 0.05) is 22.3 Å². The van der Waals surface area contributed by atoms with Crippen LogP contribution in [-0.2, 0) is 4.74 Å². The van der Waals surface area contributed by atoms with E-state index in [4.69, 9.17) is 16.3 Å². The summed E-state index contributed by atoms with van der Waals surface area (Å²) in [7, 11) is 1.30. The Hall–Kier alpha value is -2.36. The van der Waals surface area contributed by atoms with Crippen LogP contribution in [0.3, 0.4) is 0 Å². The van der Waals surface area contributed by atoms with Crippen molar-refractivity contribution < 1.29 is 9.53 Å². The predicted octanol–water partition coefficient (Wildman–Crippen LogP) is 3.87. The lowest BCUT2D eigenvalue weighted by Crippen LogP contribution is -2.05. The molecular weight excluding hydrogens is 322 g/mol. The van der Waals surface area contributed by atoms with Gasteiger partial charge >= 0.3 is 5.97 Å². The van der Waals surface area contributed by atoms with Crippen molar-refractivity contribution >= 4 is 40.2 Å². The number of carbonyl (C=O) groups is 1. The van der Waals surface area contributed by atoms with Crippen LogP contribution in [0.15, 0.2) is 29.8 Å². The van der Waals surface area contributed by atoms with Crippen molar-refractivity contribution in [3.8, 4) is 6.07 Å². The molecule has 112 valence electrons. The van der Waals surface area contributed by atoms with Crippen LogP contribution < -0.4 is 5.32 Å². The first-order valence-electron chi connectivity index (χ1n) is 6.22. The molecular formula is C15H12ClN3O2S. The van der Waals surface area contributed by atoms with Gasteiger partial charge in [-0.3, -0.25) is 0 Å². The van der Waals surface area contributed by atoms with Crippen LogP contribution in [0.1, 0.15) is 21.1 Å². The number of thiazole rings is 1. The van der Waals surface area contributed by atoms with Gasteiger partial charge in [-0.15, -0.1) is 11.3 Å². The number of methoxy groups -OCH3 is 1. The highest BCUT2D eigenvalue weighted by Gasteiger charge is 2.12. The van der Waals surface area contributed by atoms with Gasteiger partial charge in [0.15, 0.2) is 0 Å². The van der Waals surface area contributed by atoms with Crippen LogP contribution in [-0.4, -0.2) is 18.1 Å². The van der Waals surface area contributed by atoms with E-state index in [1.807, 2.05) is 12.3 Å². The van der Waals surface area contributed by atoms with E-state index in [1.54, 1.807) is 18.2 Å². The fourth-order valence-corrected chi connectivity index (χ4v) is 2.63. The van der Waals surface area contributed by atoms with Crippen LogP contribution in [0, 0.1) is 18.3 Å². The minimum atomic E-state index is -0.490. The summed E-state index contributed by atoms with van der Waals surface area (Å²) in [5, 5.41) is 15.1. The fourth-order valence-electron chi connectivity index (χ4n) is 1.69. The lowest BCUT2D eigenvalue weighted by Gasteiger charge is -2.08. The molecule has 0 amide bonds. The third-order valence-corrected chi connectivity index (χ3v) is 3.96. The maximum absolute atomic E-state index is 11.7. The molecule has 7 heteroatoms. The van der Waals surface area contributed by atoms with Crippen LogP contribution >= 0.6 is 22.9 Å². The number of aromatic nitrogens is 1. The average molecular weight is 334 g/mol. The Labute approximate surface area is 136 Å². The van der Waals surface area contributed by atoms with Crippen LogP contribution in [0.25, 0.3) is 5.57 Å². The molecule has 0 fully saturated rings. The van der Waals surface area contributed by atoms with Gasteiger partial charge in [0.25, 0.3) is 0 Å². The van der Waals surface area contributed by atoms with Crippen molar-refractivity contribution in [1.29, 1.82) is 5.26 Å². The first-order valence-corrected chi connectivity index (χ1v) is 7.48. The molecule has 0 saturated carbocycles. The first-order chi connectivity index (χ1) is 10.5. The Kier molecular flexibility index (Phi) is 5.15. The molecule has 2 aromatic rings. The maximum atomic E-state index is 11.7. The second-order valence-corrected chi connectivity index (χ2v) is 5.58. The SMILES string of the molecule is COC(=O)c1ccc(Cl)cc1N/C=C(\C#N)c1nc(C)cs1. The third-order valence-electron chi connectivity index (χ3n) is 2.73.